The Morgan fingerprint density at radius 2 is 1.78 bits per heavy atom. The van der Waals surface area contributed by atoms with E-state index < -0.39 is 47.4 Å². The third kappa shape index (κ3) is 4.64. The lowest BCUT2D eigenvalue weighted by molar-refractivity contribution is -0.134. The number of nitrogens with one attached hydrogen (secondary N) is 2. The standard InChI is InChI=1S/C21H17ClF3N3O4/c22-10-3-11(23)5-12(4-10)26-21(31)32-14-8-28(9-14)13-6-16(24)19(17(25)7-13)15-1-2-18(29)27-20(15)30/h3-7,14-15H,1-2,8-9H2,(H,26,31)(H,27,29,30). The Bertz CT molecular complexity index is 1060. The van der Waals surface area contributed by atoms with Crippen LogP contribution in [0, 0.1) is 17.5 Å². The summed E-state index contributed by atoms with van der Waals surface area (Å²) < 4.78 is 47.8. The minimum absolute atomic E-state index is 0.00603. The Balaban J connectivity index is 1.36. The van der Waals surface area contributed by atoms with Crippen LogP contribution in [-0.4, -0.2) is 37.1 Å². The van der Waals surface area contributed by atoms with E-state index in [1.165, 1.54) is 6.07 Å². The molecule has 0 saturated carbocycles. The number of carbonyl (C=O) groups excluding carboxylic acids is 3. The highest BCUT2D eigenvalue weighted by molar-refractivity contribution is 6.30. The third-order valence-corrected chi connectivity index (χ3v) is 5.47. The minimum atomic E-state index is -1.07. The molecule has 32 heavy (non-hydrogen) atoms. The summed E-state index contributed by atoms with van der Waals surface area (Å²) in [5.41, 5.74) is -0.0159. The predicted molar refractivity (Wildman–Crippen MR) is 109 cm³/mol. The van der Waals surface area contributed by atoms with Gasteiger partial charge in [0.25, 0.3) is 0 Å². The number of nitrogens with zero attached hydrogens (tertiary/aromatic N) is 1. The van der Waals surface area contributed by atoms with E-state index in [0.29, 0.717) is 0 Å². The number of hydrogen-bond donors (Lipinski definition) is 2. The quantitative estimate of drug-likeness (QED) is 0.669. The van der Waals surface area contributed by atoms with Crippen molar-refractivity contribution in [3.8, 4) is 0 Å². The maximum atomic E-state index is 14.6. The van der Waals surface area contributed by atoms with Crippen LogP contribution in [0.15, 0.2) is 30.3 Å². The second kappa shape index (κ2) is 8.70. The molecule has 0 radical (unpaired) electrons. The van der Waals surface area contributed by atoms with Crippen molar-refractivity contribution in [2.24, 2.45) is 0 Å². The van der Waals surface area contributed by atoms with E-state index in [1.807, 2.05) is 0 Å². The third-order valence-electron chi connectivity index (χ3n) is 5.25. The molecule has 0 bridgehead atoms. The van der Waals surface area contributed by atoms with E-state index in [9.17, 15) is 27.6 Å². The normalized spacial score (nSPS) is 18.8. The number of ether oxygens (including phenoxy) is 1. The SMILES string of the molecule is O=C1CCC(c2c(F)cc(N3CC(OC(=O)Nc4cc(F)cc(Cl)c4)C3)cc2F)C(=O)N1. The Morgan fingerprint density at radius 3 is 2.41 bits per heavy atom. The van der Waals surface area contributed by atoms with Crippen molar-refractivity contribution in [1.82, 2.24) is 5.32 Å². The highest BCUT2D eigenvalue weighted by Crippen LogP contribution is 2.33. The Hall–Kier alpha value is -3.27. The average Bonchev–Trinajstić information content (AvgIpc) is 2.64. The molecule has 2 saturated heterocycles. The molecule has 2 fully saturated rings. The number of carbonyl (C=O) groups is 3. The van der Waals surface area contributed by atoms with Gasteiger partial charge < -0.3 is 9.64 Å². The minimum Gasteiger partial charge on any atom is -0.442 e. The summed E-state index contributed by atoms with van der Waals surface area (Å²) in [5.74, 6) is -4.67. The summed E-state index contributed by atoms with van der Waals surface area (Å²) in [6.45, 7) is 0.377. The maximum Gasteiger partial charge on any atom is 0.412 e. The molecule has 0 spiro atoms. The van der Waals surface area contributed by atoms with Gasteiger partial charge in [-0.3, -0.25) is 20.2 Å². The molecule has 2 aromatic rings. The van der Waals surface area contributed by atoms with Gasteiger partial charge >= 0.3 is 6.09 Å². The smallest absolute Gasteiger partial charge is 0.412 e. The number of rotatable bonds is 4. The zero-order valence-electron chi connectivity index (χ0n) is 16.5. The van der Waals surface area contributed by atoms with E-state index in [-0.39, 0.29) is 47.9 Å². The second-order valence-electron chi connectivity index (χ2n) is 7.54. The fourth-order valence-electron chi connectivity index (χ4n) is 3.70. The molecule has 2 heterocycles. The van der Waals surface area contributed by atoms with Crippen LogP contribution < -0.4 is 15.5 Å². The number of benzene rings is 2. The van der Waals surface area contributed by atoms with Gasteiger partial charge in [-0.15, -0.1) is 0 Å². The number of hydrogen-bond acceptors (Lipinski definition) is 5. The number of amides is 3. The molecule has 2 aliphatic rings. The number of anilines is 2. The summed E-state index contributed by atoms with van der Waals surface area (Å²) in [6, 6.07) is 5.73. The van der Waals surface area contributed by atoms with Crippen molar-refractivity contribution in [2.45, 2.75) is 24.9 Å². The first-order chi connectivity index (χ1) is 15.2. The number of halogens is 4. The van der Waals surface area contributed by atoms with Crippen molar-refractivity contribution in [3.63, 3.8) is 0 Å². The Morgan fingerprint density at radius 1 is 1.09 bits per heavy atom. The van der Waals surface area contributed by atoms with Crippen molar-refractivity contribution in [3.05, 3.63) is 58.4 Å². The molecule has 0 aliphatic carbocycles. The van der Waals surface area contributed by atoms with Crippen LogP contribution in [0.3, 0.4) is 0 Å². The first-order valence-electron chi connectivity index (χ1n) is 9.71. The van der Waals surface area contributed by atoms with E-state index >= 15 is 0 Å². The van der Waals surface area contributed by atoms with Gasteiger partial charge in [0.1, 0.15) is 23.6 Å². The van der Waals surface area contributed by atoms with Crippen LogP contribution in [0.25, 0.3) is 0 Å². The van der Waals surface area contributed by atoms with E-state index in [4.69, 9.17) is 16.3 Å². The highest BCUT2D eigenvalue weighted by Gasteiger charge is 2.35. The largest absolute Gasteiger partial charge is 0.442 e. The van der Waals surface area contributed by atoms with Crippen molar-refractivity contribution >= 4 is 40.9 Å². The van der Waals surface area contributed by atoms with Gasteiger partial charge in [0.15, 0.2) is 0 Å². The first-order valence-corrected chi connectivity index (χ1v) is 10.1. The van der Waals surface area contributed by atoms with Gasteiger partial charge in [0.05, 0.1) is 19.0 Å². The highest BCUT2D eigenvalue weighted by atomic mass is 35.5. The summed E-state index contributed by atoms with van der Waals surface area (Å²) in [5, 5.41) is 4.56. The maximum absolute atomic E-state index is 14.6. The molecule has 3 amide bonds. The molecule has 7 nitrogen and oxygen atoms in total. The number of piperidine rings is 1. The molecule has 1 unspecified atom stereocenters. The lowest BCUT2D eigenvalue weighted by atomic mass is 9.89. The fraction of sp³-hybridized carbons (Fsp3) is 0.286. The molecule has 168 valence electrons. The van der Waals surface area contributed by atoms with Crippen molar-refractivity contribution in [2.75, 3.05) is 23.3 Å². The molecule has 2 N–H and O–H groups in total. The van der Waals surface area contributed by atoms with E-state index in [2.05, 4.69) is 10.6 Å². The van der Waals surface area contributed by atoms with E-state index in [1.54, 1.807) is 4.90 Å². The number of imide groups is 1. The van der Waals surface area contributed by atoms with E-state index in [0.717, 1.165) is 24.3 Å². The van der Waals surface area contributed by atoms with Gasteiger partial charge in [-0.2, -0.15) is 0 Å². The van der Waals surface area contributed by atoms with Gasteiger partial charge in [-0.1, -0.05) is 11.6 Å². The Kier molecular flexibility index (Phi) is 5.96. The van der Waals surface area contributed by atoms with Crippen LogP contribution in [-0.2, 0) is 14.3 Å². The molecular weight excluding hydrogens is 451 g/mol. The van der Waals surface area contributed by atoms with Crippen LogP contribution in [0.5, 0.6) is 0 Å². The predicted octanol–water partition coefficient (Wildman–Crippen LogP) is 3.71. The van der Waals surface area contributed by atoms with Gasteiger partial charge in [-0.25, -0.2) is 18.0 Å². The fourth-order valence-corrected chi connectivity index (χ4v) is 3.93. The molecule has 1 atom stereocenters. The van der Waals surface area contributed by atoms with Gasteiger partial charge in [0.2, 0.25) is 11.8 Å². The van der Waals surface area contributed by atoms with Crippen LogP contribution in [0.4, 0.5) is 29.3 Å². The van der Waals surface area contributed by atoms with Gasteiger partial charge in [-0.05, 0) is 36.8 Å². The molecule has 0 aromatic heterocycles. The monoisotopic (exact) mass is 467 g/mol. The summed E-state index contributed by atoms with van der Waals surface area (Å²) in [4.78, 5) is 36.8. The molecule has 11 heteroatoms. The topological polar surface area (TPSA) is 87.7 Å². The van der Waals surface area contributed by atoms with Crippen LogP contribution >= 0.6 is 11.6 Å². The summed E-state index contributed by atoms with van der Waals surface area (Å²) in [7, 11) is 0. The first kappa shape index (κ1) is 21.9. The zero-order chi connectivity index (χ0) is 23.0. The van der Waals surface area contributed by atoms with Gasteiger partial charge in [0, 0.05) is 28.4 Å². The second-order valence-corrected chi connectivity index (χ2v) is 7.98. The summed E-state index contributed by atoms with van der Waals surface area (Å²) >= 11 is 5.73. The lowest BCUT2D eigenvalue weighted by Crippen LogP contribution is -2.53. The van der Waals surface area contributed by atoms with Crippen molar-refractivity contribution in [1.29, 1.82) is 0 Å². The van der Waals surface area contributed by atoms with Crippen molar-refractivity contribution < 1.29 is 32.3 Å². The van der Waals surface area contributed by atoms with Crippen LogP contribution in [0.2, 0.25) is 5.02 Å². The molecular formula is C21H17ClF3N3O4. The molecule has 2 aliphatic heterocycles. The molecule has 2 aromatic carbocycles. The molecule has 4 rings (SSSR count). The summed E-state index contributed by atoms with van der Waals surface area (Å²) in [6.07, 6.45) is -1.32. The van der Waals surface area contributed by atoms with Crippen LogP contribution in [0.1, 0.15) is 24.3 Å². The average molecular weight is 468 g/mol. The lowest BCUT2D eigenvalue weighted by Gasteiger charge is -2.40. The zero-order valence-corrected chi connectivity index (χ0v) is 17.2. The Labute approximate surface area is 185 Å².